The summed E-state index contributed by atoms with van der Waals surface area (Å²) in [7, 11) is 2.14. The summed E-state index contributed by atoms with van der Waals surface area (Å²) in [5.41, 5.74) is 2.50. The van der Waals surface area contributed by atoms with Gasteiger partial charge < -0.3 is 9.80 Å². The number of hydrogen-bond donors (Lipinski definition) is 0. The van der Waals surface area contributed by atoms with Gasteiger partial charge in [0, 0.05) is 60.3 Å². The van der Waals surface area contributed by atoms with Crippen LogP contribution in [-0.4, -0.2) is 61.4 Å². The van der Waals surface area contributed by atoms with Crippen molar-refractivity contribution in [2.24, 2.45) is 5.92 Å². The SMILES string of the molecule is CN1CCN(c2ccc3c4c(cccc24)C(=O)N(CC2CCCC2)C3=O)CC1. The first kappa shape index (κ1) is 17.7. The highest BCUT2D eigenvalue weighted by Crippen LogP contribution is 2.37. The van der Waals surface area contributed by atoms with Crippen LogP contribution in [0.5, 0.6) is 0 Å². The maximum atomic E-state index is 13.2. The van der Waals surface area contributed by atoms with E-state index in [1.54, 1.807) is 0 Å². The van der Waals surface area contributed by atoms with Crippen LogP contribution in [0.2, 0.25) is 0 Å². The number of benzene rings is 2. The highest BCUT2D eigenvalue weighted by Gasteiger charge is 2.35. The molecule has 3 aliphatic rings. The molecule has 0 spiro atoms. The third-order valence-corrected chi connectivity index (χ3v) is 6.73. The Morgan fingerprint density at radius 3 is 2.29 bits per heavy atom. The quantitative estimate of drug-likeness (QED) is 0.769. The van der Waals surface area contributed by atoms with Crippen molar-refractivity contribution >= 4 is 28.3 Å². The molecule has 0 aromatic heterocycles. The fourth-order valence-electron chi connectivity index (χ4n) is 5.07. The van der Waals surface area contributed by atoms with E-state index < -0.39 is 0 Å². The van der Waals surface area contributed by atoms with Crippen LogP contribution < -0.4 is 4.90 Å². The van der Waals surface area contributed by atoms with Crippen molar-refractivity contribution < 1.29 is 9.59 Å². The molecule has 0 atom stereocenters. The van der Waals surface area contributed by atoms with Crippen LogP contribution in [0, 0.1) is 5.92 Å². The number of imide groups is 1. The molecule has 5 rings (SSSR count). The summed E-state index contributed by atoms with van der Waals surface area (Å²) in [4.78, 5) is 32.6. The third-order valence-electron chi connectivity index (χ3n) is 6.73. The Morgan fingerprint density at radius 2 is 1.57 bits per heavy atom. The minimum atomic E-state index is -0.120. The molecule has 5 nitrogen and oxygen atoms in total. The highest BCUT2D eigenvalue weighted by molar-refractivity contribution is 6.26. The second-order valence-corrected chi connectivity index (χ2v) is 8.52. The average molecular weight is 377 g/mol. The standard InChI is InChI=1S/C23H27N3O2/c1-24-11-13-25(14-12-24)20-10-9-19-21-17(20)7-4-8-18(21)22(27)26(23(19)28)15-16-5-2-3-6-16/h4,7-10,16H,2-3,5-6,11-15H2,1H3. The average Bonchev–Trinajstić information content (AvgIpc) is 3.23. The number of anilines is 1. The van der Waals surface area contributed by atoms with Crippen molar-refractivity contribution in [3.63, 3.8) is 0 Å². The van der Waals surface area contributed by atoms with Gasteiger partial charge in [-0.1, -0.05) is 25.0 Å². The van der Waals surface area contributed by atoms with Gasteiger partial charge in [-0.05, 0) is 44.0 Å². The van der Waals surface area contributed by atoms with Gasteiger partial charge in [0.1, 0.15) is 0 Å². The highest BCUT2D eigenvalue weighted by atomic mass is 16.2. The zero-order chi connectivity index (χ0) is 19.3. The Labute approximate surface area is 165 Å². The van der Waals surface area contributed by atoms with E-state index in [4.69, 9.17) is 0 Å². The predicted octanol–water partition coefficient (Wildman–Crippen LogP) is 3.38. The Bertz CT molecular complexity index is 918. The summed E-state index contributed by atoms with van der Waals surface area (Å²) >= 11 is 0. The smallest absolute Gasteiger partial charge is 0.261 e. The second kappa shape index (κ2) is 6.89. The minimum Gasteiger partial charge on any atom is -0.368 e. The van der Waals surface area contributed by atoms with Crippen molar-refractivity contribution in [1.29, 1.82) is 0 Å². The lowest BCUT2D eigenvalue weighted by atomic mass is 9.92. The molecule has 2 heterocycles. The summed E-state index contributed by atoms with van der Waals surface area (Å²) in [5, 5.41) is 1.87. The summed E-state index contributed by atoms with van der Waals surface area (Å²) in [5.74, 6) is 0.217. The Morgan fingerprint density at radius 1 is 0.893 bits per heavy atom. The molecule has 1 saturated carbocycles. The summed E-state index contributed by atoms with van der Waals surface area (Å²) in [6, 6.07) is 9.92. The second-order valence-electron chi connectivity index (χ2n) is 8.52. The van der Waals surface area contributed by atoms with Gasteiger partial charge in [-0.15, -0.1) is 0 Å². The first-order valence-electron chi connectivity index (χ1n) is 10.5. The molecular formula is C23H27N3O2. The van der Waals surface area contributed by atoms with Crippen LogP contribution in [-0.2, 0) is 0 Å². The lowest BCUT2D eigenvalue weighted by Crippen LogP contribution is -2.45. The van der Waals surface area contributed by atoms with Gasteiger partial charge in [0.05, 0.1) is 0 Å². The molecule has 2 aromatic rings. The molecule has 2 aliphatic heterocycles. The largest absolute Gasteiger partial charge is 0.368 e. The summed E-state index contributed by atoms with van der Waals surface area (Å²) in [6.45, 7) is 4.54. The molecule has 146 valence electrons. The van der Waals surface area contributed by atoms with E-state index in [-0.39, 0.29) is 11.8 Å². The molecular weight excluding hydrogens is 350 g/mol. The van der Waals surface area contributed by atoms with Crippen LogP contribution in [0.3, 0.4) is 0 Å². The van der Waals surface area contributed by atoms with E-state index in [1.165, 1.54) is 17.7 Å². The minimum absolute atomic E-state index is 0.120. The Kier molecular flexibility index (Phi) is 4.35. The van der Waals surface area contributed by atoms with Crippen LogP contribution >= 0.6 is 0 Å². The van der Waals surface area contributed by atoms with Crippen molar-refractivity contribution in [1.82, 2.24) is 9.80 Å². The molecule has 2 aromatic carbocycles. The number of carbonyl (C=O) groups excluding carboxylic acids is 2. The van der Waals surface area contributed by atoms with Gasteiger partial charge in [-0.3, -0.25) is 14.5 Å². The van der Waals surface area contributed by atoms with Gasteiger partial charge in [-0.25, -0.2) is 0 Å². The van der Waals surface area contributed by atoms with Gasteiger partial charge in [-0.2, -0.15) is 0 Å². The number of carbonyl (C=O) groups is 2. The molecule has 2 amide bonds. The number of nitrogens with zero attached hydrogens (tertiary/aromatic N) is 3. The molecule has 1 saturated heterocycles. The van der Waals surface area contributed by atoms with Crippen LogP contribution in [0.1, 0.15) is 46.4 Å². The first-order chi connectivity index (χ1) is 13.6. The zero-order valence-corrected chi connectivity index (χ0v) is 16.5. The fourth-order valence-corrected chi connectivity index (χ4v) is 5.07. The lowest BCUT2D eigenvalue weighted by Gasteiger charge is -2.36. The number of likely N-dealkylation sites (N-methyl/N-ethyl adjacent to an activating group) is 1. The van der Waals surface area contributed by atoms with Crippen molar-refractivity contribution in [2.45, 2.75) is 25.7 Å². The fraction of sp³-hybridized carbons (Fsp3) is 0.478. The van der Waals surface area contributed by atoms with E-state index in [1.807, 2.05) is 18.2 Å². The summed E-state index contributed by atoms with van der Waals surface area (Å²) < 4.78 is 0. The number of piperazine rings is 1. The molecule has 0 unspecified atom stereocenters. The number of rotatable bonds is 3. The van der Waals surface area contributed by atoms with Crippen LogP contribution in [0.15, 0.2) is 30.3 Å². The van der Waals surface area contributed by atoms with Gasteiger partial charge in [0.15, 0.2) is 0 Å². The molecule has 0 radical (unpaired) electrons. The van der Waals surface area contributed by atoms with Crippen LogP contribution in [0.4, 0.5) is 5.69 Å². The topological polar surface area (TPSA) is 43.9 Å². The van der Waals surface area contributed by atoms with E-state index in [0.717, 1.165) is 55.5 Å². The van der Waals surface area contributed by atoms with E-state index in [9.17, 15) is 9.59 Å². The van der Waals surface area contributed by atoms with Crippen molar-refractivity contribution in [3.8, 4) is 0 Å². The van der Waals surface area contributed by atoms with Gasteiger partial charge >= 0.3 is 0 Å². The maximum absolute atomic E-state index is 13.2. The molecule has 2 fully saturated rings. The van der Waals surface area contributed by atoms with Crippen molar-refractivity contribution in [3.05, 3.63) is 41.5 Å². The first-order valence-corrected chi connectivity index (χ1v) is 10.5. The maximum Gasteiger partial charge on any atom is 0.261 e. The van der Waals surface area contributed by atoms with Crippen LogP contribution in [0.25, 0.3) is 10.8 Å². The molecule has 0 bridgehead atoms. The molecule has 1 aliphatic carbocycles. The summed E-state index contributed by atoms with van der Waals surface area (Å²) in [6.07, 6.45) is 4.66. The van der Waals surface area contributed by atoms with Gasteiger partial charge in [0.25, 0.3) is 11.8 Å². The van der Waals surface area contributed by atoms with E-state index in [0.29, 0.717) is 23.6 Å². The Balaban J connectivity index is 1.56. The Hall–Kier alpha value is -2.40. The number of amides is 2. The zero-order valence-electron chi connectivity index (χ0n) is 16.5. The molecule has 28 heavy (non-hydrogen) atoms. The monoisotopic (exact) mass is 377 g/mol. The van der Waals surface area contributed by atoms with Crippen molar-refractivity contribution in [2.75, 3.05) is 44.7 Å². The predicted molar refractivity (Wildman–Crippen MR) is 111 cm³/mol. The lowest BCUT2D eigenvalue weighted by molar-refractivity contribution is 0.0586. The van der Waals surface area contributed by atoms with Gasteiger partial charge in [0.2, 0.25) is 0 Å². The third kappa shape index (κ3) is 2.80. The number of hydrogen-bond acceptors (Lipinski definition) is 4. The van der Waals surface area contributed by atoms with E-state index in [2.05, 4.69) is 29.0 Å². The van der Waals surface area contributed by atoms with E-state index >= 15 is 0 Å². The normalized spacial score (nSPS) is 21.2. The molecule has 0 N–H and O–H groups in total. The molecule has 5 heteroatoms.